The number of hydrogen-bond donors (Lipinski definition) is 2. The van der Waals surface area contributed by atoms with E-state index in [0.29, 0.717) is 26.1 Å². The third-order valence-electron chi connectivity index (χ3n) is 5.20. The van der Waals surface area contributed by atoms with Crippen LogP contribution in [-0.2, 0) is 9.53 Å². The van der Waals surface area contributed by atoms with Gasteiger partial charge in [0.2, 0.25) is 5.91 Å². The van der Waals surface area contributed by atoms with Crippen LogP contribution in [0.1, 0.15) is 32.1 Å². The summed E-state index contributed by atoms with van der Waals surface area (Å²) in [5.41, 5.74) is 1.74. The van der Waals surface area contributed by atoms with Gasteiger partial charge in [0, 0.05) is 38.0 Å². The minimum atomic E-state index is -0.323. The van der Waals surface area contributed by atoms with Gasteiger partial charge in [-0.15, -0.1) is 0 Å². The van der Waals surface area contributed by atoms with E-state index in [9.17, 15) is 9.59 Å². The Bertz CT molecular complexity index is 425. The molecule has 3 atom stereocenters. The molecule has 1 saturated carbocycles. The Morgan fingerprint density at radius 1 is 1.09 bits per heavy atom. The molecule has 0 spiro atoms. The predicted molar refractivity (Wildman–Crippen MR) is 78.3 cm³/mol. The van der Waals surface area contributed by atoms with Crippen molar-refractivity contribution in [2.24, 2.45) is 11.8 Å². The largest absolute Gasteiger partial charge is 0.376 e. The molecule has 0 radical (unpaired) electrons. The van der Waals surface area contributed by atoms with Gasteiger partial charge in [-0.05, 0) is 32.1 Å². The number of carbonyl (C=O) groups is 2. The van der Waals surface area contributed by atoms with Crippen molar-refractivity contribution in [3.8, 4) is 0 Å². The van der Waals surface area contributed by atoms with Crippen LogP contribution in [0.5, 0.6) is 0 Å². The second-order valence-corrected chi connectivity index (χ2v) is 6.58. The topological polar surface area (TPSA) is 82.1 Å². The van der Waals surface area contributed by atoms with Gasteiger partial charge in [-0.25, -0.2) is 10.3 Å². The summed E-state index contributed by atoms with van der Waals surface area (Å²) in [5.74, 6) is -0.222. The lowest BCUT2D eigenvalue weighted by molar-refractivity contribution is -0.137. The first-order valence-corrected chi connectivity index (χ1v) is 8.28. The number of hydroxylamine groups is 1. The van der Waals surface area contributed by atoms with Gasteiger partial charge in [0.1, 0.15) is 0 Å². The van der Waals surface area contributed by atoms with E-state index in [1.54, 1.807) is 5.48 Å². The summed E-state index contributed by atoms with van der Waals surface area (Å²) < 4.78 is 5.90. The standard InChI is InChI=1S/C15H25N3O4/c19-14(16-21)11-3-4-12-10-18(7-8-22-13(12)9-11)15(20)17-5-1-2-6-17/h11-13,21H,1-10H2,(H,16,19). The van der Waals surface area contributed by atoms with Crippen molar-refractivity contribution in [1.82, 2.24) is 15.3 Å². The summed E-state index contributed by atoms with van der Waals surface area (Å²) in [4.78, 5) is 28.0. The quantitative estimate of drug-likeness (QED) is 0.555. The minimum absolute atomic E-state index is 0.00688. The Balaban J connectivity index is 1.60. The molecule has 1 aliphatic carbocycles. The number of nitrogens with one attached hydrogen (secondary N) is 1. The van der Waals surface area contributed by atoms with Crippen molar-refractivity contribution in [3.05, 3.63) is 0 Å². The third kappa shape index (κ3) is 3.20. The predicted octanol–water partition coefficient (Wildman–Crippen LogP) is 0.825. The number of likely N-dealkylation sites (tertiary alicyclic amines) is 1. The van der Waals surface area contributed by atoms with Crippen LogP contribution in [0.3, 0.4) is 0 Å². The first-order valence-electron chi connectivity index (χ1n) is 8.28. The highest BCUT2D eigenvalue weighted by molar-refractivity contribution is 5.77. The molecule has 0 aromatic carbocycles. The Labute approximate surface area is 130 Å². The van der Waals surface area contributed by atoms with Gasteiger partial charge in [-0.1, -0.05) is 0 Å². The first kappa shape index (κ1) is 15.6. The molecule has 22 heavy (non-hydrogen) atoms. The van der Waals surface area contributed by atoms with Crippen molar-refractivity contribution >= 4 is 11.9 Å². The van der Waals surface area contributed by atoms with Gasteiger partial charge in [0.15, 0.2) is 0 Å². The van der Waals surface area contributed by atoms with Crippen LogP contribution < -0.4 is 5.48 Å². The fourth-order valence-corrected chi connectivity index (χ4v) is 3.91. The van der Waals surface area contributed by atoms with Gasteiger partial charge in [0.05, 0.1) is 12.7 Å². The number of rotatable bonds is 1. The van der Waals surface area contributed by atoms with E-state index in [0.717, 1.165) is 38.8 Å². The van der Waals surface area contributed by atoms with E-state index in [2.05, 4.69) is 0 Å². The normalized spacial score (nSPS) is 32.3. The van der Waals surface area contributed by atoms with Crippen LogP contribution in [-0.4, -0.2) is 65.8 Å². The maximum Gasteiger partial charge on any atom is 0.320 e. The molecule has 2 heterocycles. The molecule has 0 aromatic rings. The SMILES string of the molecule is O=C(NO)C1CCC2CN(C(=O)N3CCCC3)CCOC2C1. The van der Waals surface area contributed by atoms with E-state index in [1.807, 2.05) is 9.80 Å². The fraction of sp³-hybridized carbons (Fsp3) is 0.867. The molecule has 2 aliphatic heterocycles. The summed E-state index contributed by atoms with van der Waals surface area (Å²) in [6, 6.07) is 0.136. The smallest absolute Gasteiger partial charge is 0.320 e. The van der Waals surface area contributed by atoms with Gasteiger partial charge in [0.25, 0.3) is 0 Å². The van der Waals surface area contributed by atoms with E-state index in [-0.39, 0.29) is 29.9 Å². The van der Waals surface area contributed by atoms with Crippen molar-refractivity contribution in [3.63, 3.8) is 0 Å². The number of ether oxygens (including phenoxy) is 1. The molecule has 3 rings (SSSR count). The summed E-state index contributed by atoms with van der Waals surface area (Å²) in [5, 5.41) is 8.78. The molecule has 0 bridgehead atoms. The van der Waals surface area contributed by atoms with Crippen LogP contribution in [0, 0.1) is 11.8 Å². The maximum absolute atomic E-state index is 12.5. The third-order valence-corrected chi connectivity index (χ3v) is 5.20. The fourth-order valence-electron chi connectivity index (χ4n) is 3.91. The maximum atomic E-state index is 12.5. The zero-order valence-corrected chi connectivity index (χ0v) is 12.9. The molecule has 2 saturated heterocycles. The average Bonchev–Trinajstić information content (AvgIpc) is 2.99. The van der Waals surface area contributed by atoms with Crippen molar-refractivity contribution in [2.45, 2.75) is 38.2 Å². The lowest BCUT2D eigenvalue weighted by Gasteiger charge is -2.35. The molecular weight excluding hydrogens is 286 g/mol. The Kier molecular flexibility index (Phi) is 4.83. The van der Waals surface area contributed by atoms with E-state index in [1.165, 1.54) is 0 Å². The lowest BCUT2D eigenvalue weighted by Crippen LogP contribution is -2.46. The summed E-state index contributed by atoms with van der Waals surface area (Å²) >= 11 is 0. The first-order chi connectivity index (χ1) is 10.7. The monoisotopic (exact) mass is 311 g/mol. The average molecular weight is 311 g/mol. The van der Waals surface area contributed by atoms with Crippen LogP contribution in [0.2, 0.25) is 0 Å². The molecule has 3 unspecified atom stereocenters. The van der Waals surface area contributed by atoms with Crippen LogP contribution in [0.25, 0.3) is 0 Å². The number of urea groups is 1. The number of nitrogens with zero attached hydrogens (tertiary/aromatic N) is 2. The van der Waals surface area contributed by atoms with E-state index in [4.69, 9.17) is 9.94 Å². The van der Waals surface area contributed by atoms with Gasteiger partial charge in [-0.3, -0.25) is 10.0 Å². The Morgan fingerprint density at radius 2 is 1.86 bits per heavy atom. The number of hydrogen-bond acceptors (Lipinski definition) is 4. The number of amides is 3. The molecular formula is C15H25N3O4. The highest BCUT2D eigenvalue weighted by atomic mass is 16.5. The summed E-state index contributed by atoms with van der Waals surface area (Å²) in [6.45, 7) is 3.59. The van der Waals surface area contributed by atoms with Crippen LogP contribution in [0.4, 0.5) is 4.79 Å². The van der Waals surface area contributed by atoms with Crippen molar-refractivity contribution in [2.75, 3.05) is 32.8 Å². The molecule has 7 heteroatoms. The van der Waals surface area contributed by atoms with Gasteiger partial charge >= 0.3 is 6.03 Å². The highest BCUT2D eigenvalue weighted by Crippen LogP contribution is 2.33. The second kappa shape index (κ2) is 6.83. The molecule has 0 aromatic heterocycles. The molecule has 124 valence electrons. The van der Waals surface area contributed by atoms with Gasteiger partial charge in [-0.2, -0.15) is 0 Å². The molecule has 3 aliphatic rings. The molecule has 3 amide bonds. The zero-order valence-electron chi connectivity index (χ0n) is 12.9. The molecule has 7 nitrogen and oxygen atoms in total. The zero-order chi connectivity index (χ0) is 15.5. The second-order valence-electron chi connectivity index (χ2n) is 6.58. The summed E-state index contributed by atoms with van der Waals surface area (Å²) in [7, 11) is 0. The van der Waals surface area contributed by atoms with Gasteiger partial charge < -0.3 is 14.5 Å². The van der Waals surface area contributed by atoms with E-state index < -0.39 is 0 Å². The lowest BCUT2D eigenvalue weighted by atomic mass is 9.79. The van der Waals surface area contributed by atoms with Crippen molar-refractivity contribution < 1.29 is 19.5 Å². The molecule has 2 N–H and O–H groups in total. The van der Waals surface area contributed by atoms with Crippen LogP contribution in [0.15, 0.2) is 0 Å². The Morgan fingerprint density at radius 3 is 2.59 bits per heavy atom. The minimum Gasteiger partial charge on any atom is -0.376 e. The Hall–Kier alpha value is -1.34. The van der Waals surface area contributed by atoms with Crippen molar-refractivity contribution in [1.29, 1.82) is 0 Å². The number of fused-ring (bicyclic) bond motifs is 1. The number of carbonyl (C=O) groups excluding carboxylic acids is 2. The van der Waals surface area contributed by atoms with E-state index >= 15 is 0 Å². The molecule has 3 fully saturated rings. The summed E-state index contributed by atoms with van der Waals surface area (Å²) in [6.07, 6.45) is 4.42. The van der Waals surface area contributed by atoms with Crippen LogP contribution >= 0.6 is 0 Å². The highest BCUT2D eigenvalue weighted by Gasteiger charge is 2.38.